The van der Waals surface area contributed by atoms with Crippen molar-refractivity contribution in [3.63, 3.8) is 0 Å². The highest BCUT2D eigenvalue weighted by Gasteiger charge is 2.54. The molecule has 14 atom stereocenters. The number of aldehydes is 1. The summed E-state index contributed by atoms with van der Waals surface area (Å²) in [7, 11) is -7.85. The Morgan fingerprint density at radius 1 is 0.597 bits per heavy atom. The van der Waals surface area contributed by atoms with Crippen molar-refractivity contribution in [3.05, 3.63) is 38.0 Å². The molecule has 0 spiro atoms. The fraction of sp³-hybridized carbons (Fsp3) is 0.529. The molecular weight excluding hydrogens is 936 g/mol. The van der Waals surface area contributed by atoms with Crippen LogP contribution in [0.15, 0.2) is 38.0 Å². The fourth-order valence-corrected chi connectivity index (χ4v) is 10.1. The number of nitrogen functional groups attached to an aromatic ring is 3. The molecule has 10 N–H and O–H groups in total. The molecule has 9 heterocycles. The normalized spacial score (nSPS) is 30.7. The third-order valence-electron chi connectivity index (χ3n) is 11.3. The van der Waals surface area contributed by atoms with E-state index < -0.39 is 102 Å². The van der Waals surface area contributed by atoms with E-state index in [1.807, 2.05) is 0 Å². The van der Waals surface area contributed by atoms with Crippen molar-refractivity contribution in [1.82, 2.24) is 58.6 Å². The quantitative estimate of drug-likeness (QED) is 0.0388. The summed E-state index contributed by atoms with van der Waals surface area (Å²) in [5, 5.41) is 21.8. The highest BCUT2D eigenvalue weighted by molar-refractivity contribution is 7.47. The number of hydrogen-bond acceptors (Lipinski definition) is 26. The summed E-state index contributed by atoms with van der Waals surface area (Å²) in [6.07, 6.45) is -7.92. The van der Waals surface area contributed by atoms with Crippen LogP contribution < -0.4 is 17.2 Å². The minimum absolute atomic E-state index is 0.0105. The molecule has 33 heteroatoms. The number of nitrogens with zero attached hydrogens (tertiary/aromatic N) is 12. The average molecular weight is 980 g/mol. The molecule has 0 saturated carbocycles. The van der Waals surface area contributed by atoms with E-state index in [2.05, 4.69) is 44.9 Å². The highest BCUT2D eigenvalue weighted by atomic mass is 31.2. The molecule has 67 heavy (non-hydrogen) atoms. The van der Waals surface area contributed by atoms with Crippen molar-refractivity contribution < 1.29 is 75.7 Å². The van der Waals surface area contributed by atoms with Gasteiger partial charge in [0.05, 0.1) is 38.3 Å². The van der Waals surface area contributed by atoms with E-state index in [0.717, 1.165) is 6.33 Å². The Kier molecular flexibility index (Phi) is 13.0. The topological polar surface area (TPSA) is 424 Å². The number of carbonyl (C=O) groups excluding carboxylic acids is 1. The maximum atomic E-state index is 13.9. The number of aromatic nitrogens is 12. The van der Waals surface area contributed by atoms with Gasteiger partial charge in [-0.25, -0.2) is 54.0 Å². The largest absolute Gasteiger partial charge is 0.472 e. The molecule has 31 nitrogen and oxygen atoms in total. The number of phosphoric ester groups is 2. The number of aliphatic hydroxyl groups excluding tert-OH is 2. The van der Waals surface area contributed by atoms with Gasteiger partial charge in [0.1, 0.15) is 90.6 Å². The fourth-order valence-electron chi connectivity index (χ4n) is 8.23. The number of methoxy groups -OCH3 is 2. The number of nitrogens with two attached hydrogens (primary N) is 3. The smallest absolute Gasteiger partial charge is 0.387 e. The molecular formula is C34H43N15O16P2. The zero-order valence-electron chi connectivity index (χ0n) is 35.0. The van der Waals surface area contributed by atoms with Crippen molar-refractivity contribution in [2.45, 2.75) is 86.5 Å². The van der Waals surface area contributed by atoms with E-state index in [0.29, 0.717) is 6.29 Å². The first-order valence-corrected chi connectivity index (χ1v) is 23.0. The third kappa shape index (κ3) is 8.84. The van der Waals surface area contributed by atoms with Gasteiger partial charge < -0.3 is 65.7 Å². The Balaban J connectivity index is 0.937. The molecule has 3 aliphatic heterocycles. The number of ether oxygens (including phenoxy) is 5. The van der Waals surface area contributed by atoms with E-state index >= 15 is 0 Å². The van der Waals surface area contributed by atoms with E-state index in [9.17, 15) is 33.9 Å². The van der Waals surface area contributed by atoms with Crippen LogP contribution in [0.1, 0.15) is 31.5 Å². The molecule has 3 fully saturated rings. The van der Waals surface area contributed by atoms with Gasteiger partial charge in [-0.1, -0.05) is 0 Å². The van der Waals surface area contributed by atoms with Crippen LogP contribution in [0.2, 0.25) is 0 Å². The number of anilines is 3. The summed E-state index contributed by atoms with van der Waals surface area (Å²) >= 11 is 0. The monoisotopic (exact) mass is 979 g/mol. The van der Waals surface area contributed by atoms with Crippen molar-refractivity contribution >= 4 is 72.9 Å². The van der Waals surface area contributed by atoms with Crippen LogP contribution in [-0.2, 0) is 55.7 Å². The SMILES string of the molecule is COC1C(CCC=O)OC(n2cnc3c(N)ncnc32)C1OP(=O)(O)OCC1OC(n2cnc3c(N)ncnc32)C(OP(=O)(O)OCC2OC(n3cnc4c(N)ncnc43)C(O)C2O)C1OC. The van der Waals surface area contributed by atoms with Gasteiger partial charge in [0.25, 0.3) is 0 Å². The Labute approximate surface area is 375 Å². The molecule has 0 aliphatic carbocycles. The molecule has 6 aromatic rings. The lowest BCUT2D eigenvalue weighted by molar-refractivity contribution is -0.109. The summed E-state index contributed by atoms with van der Waals surface area (Å²) in [6, 6.07) is 0. The lowest BCUT2D eigenvalue weighted by Gasteiger charge is -2.27. The Morgan fingerprint density at radius 3 is 1.45 bits per heavy atom. The molecule has 9 rings (SSSR count). The van der Waals surface area contributed by atoms with Crippen molar-refractivity contribution in [2.24, 2.45) is 0 Å². The summed E-state index contributed by atoms with van der Waals surface area (Å²) < 4.78 is 83.8. The van der Waals surface area contributed by atoms with Gasteiger partial charge in [-0.3, -0.25) is 31.8 Å². The first-order valence-electron chi connectivity index (χ1n) is 20.1. The Bertz CT molecular complexity index is 2860. The minimum atomic E-state index is -5.22. The van der Waals surface area contributed by atoms with Gasteiger partial charge in [-0.05, 0) is 6.42 Å². The molecule has 14 unspecified atom stereocenters. The number of hydrogen-bond donors (Lipinski definition) is 7. The molecule has 3 saturated heterocycles. The van der Waals surface area contributed by atoms with E-state index in [1.54, 1.807) is 0 Å². The van der Waals surface area contributed by atoms with Crippen LogP contribution in [0.4, 0.5) is 17.5 Å². The van der Waals surface area contributed by atoms with Crippen LogP contribution in [-0.4, -0.2) is 167 Å². The Morgan fingerprint density at radius 2 is 1.00 bits per heavy atom. The number of carbonyl (C=O) groups is 1. The summed E-state index contributed by atoms with van der Waals surface area (Å²) in [5.74, 6) is 0.106. The molecule has 0 bridgehead atoms. The molecule has 0 amide bonds. The Hall–Kier alpha value is -5.34. The predicted octanol–water partition coefficient (Wildman–Crippen LogP) is -1.32. The van der Waals surface area contributed by atoms with Crippen LogP contribution in [0.5, 0.6) is 0 Å². The van der Waals surface area contributed by atoms with E-state index in [1.165, 1.54) is 59.6 Å². The average Bonchev–Trinajstić information content (AvgIpc) is 4.16. The van der Waals surface area contributed by atoms with Crippen LogP contribution >= 0.6 is 15.6 Å². The van der Waals surface area contributed by atoms with Crippen molar-refractivity contribution in [3.8, 4) is 0 Å². The zero-order chi connectivity index (χ0) is 47.4. The van der Waals surface area contributed by atoms with Gasteiger partial charge >= 0.3 is 15.6 Å². The van der Waals surface area contributed by atoms with Crippen molar-refractivity contribution in [2.75, 3.05) is 44.6 Å². The number of phosphoric acid groups is 2. The number of fused-ring (bicyclic) bond motifs is 3. The zero-order valence-corrected chi connectivity index (χ0v) is 36.8. The second kappa shape index (κ2) is 18.6. The molecule has 360 valence electrons. The van der Waals surface area contributed by atoms with Crippen LogP contribution in [0.3, 0.4) is 0 Å². The molecule has 3 aliphatic rings. The van der Waals surface area contributed by atoms with Crippen molar-refractivity contribution in [1.29, 1.82) is 0 Å². The molecule has 0 aromatic carbocycles. The summed E-state index contributed by atoms with van der Waals surface area (Å²) in [6.45, 7) is -1.57. The standard InChI is InChI=1S/C34H43N15O16P2/c1-57-22-14(4-3-5-50)61-33(48-12-45-18-27(36)39-9-42-30(18)48)24(22)64-67(55,56)60-7-16-23(58-2)25(34(63-16)49-13-46-19-28(37)40-10-43-31(19)49)65-66(53,54)59-6-15-20(51)21(52)32(62-15)47-11-44-17-26(35)38-8-41-29(17)47/h5,8-16,20-25,32-34,51-52H,3-4,6-7H2,1-2H3,(H,53,54)(H,55,56)(H2,35,38,41)(H2,36,39,42)(H2,37,40,43). The number of imidazole rings is 3. The third-order valence-corrected chi connectivity index (χ3v) is 13.3. The second-order valence-electron chi connectivity index (χ2n) is 15.2. The van der Waals surface area contributed by atoms with Gasteiger partial charge in [-0.2, -0.15) is 0 Å². The van der Waals surface area contributed by atoms with Gasteiger partial charge in [-0.15, -0.1) is 0 Å². The van der Waals surface area contributed by atoms with Gasteiger partial charge in [0, 0.05) is 20.6 Å². The maximum absolute atomic E-state index is 13.9. The molecule has 6 aromatic heterocycles. The number of rotatable bonds is 18. The summed E-state index contributed by atoms with van der Waals surface area (Å²) in [4.78, 5) is 70.8. The van der Waals surface area contributed by atoms with Crippen LogP contribution in [0, 0.1) is 0 Å². The predicted molar refractivity (Wildman–Crippen MR) is 221 cm³/mol. The minimum Gasteiger partial charge on any atom is -0.387 e. The van der Waals surface area contributed by atoms with Gasteiger partial charge in [0.2, 0.25) is 0 Å². The lowest BCUT2D eigenvalue weighted by Crippen LogP contribution is -2.38. The van der Waals surface area contributed by atoms with Gasteiger partial charge in [0.15, 0.2) is 53.1 Å². The summed E-state index contributed by atoms with van der Waals surface area (Å²) in [5.41, 5.74) is 18.9. The second-order valence-corrected chi connectivity index (χ2v) is 18.1. The van der Waals surface area contributed by atoms with Crippen LogP contribution in [0.25, 0.3) is 33.5 Å². The number of aliphatic hydroxyl groups is 2. The first kappa shape index (κ1) is 46.8. The molecule has 0 radical (unpaired) electrons. The first-order chi connectivity index (χ1) is 32.1. The van der Waals surface area contributed by atoms with E-state index in [4.69, 9.17) is 59.0 Å². The highest BCUT2D eigenvalue weighted by Crippen LogP contribution is 2.53. The lowest BCUT2D eigenvalue weighted by atomic mass is 10.1. The maximum Gasteiger partial charge on any atom is 0.472 e. The van der Waals surface area contributed by atoms with E-state index in [-0.39, 0.29) is 63.8 Å².